The summed E-state index contributed by atoms with van der Waals surface area (Å²) >= 11 is 1.63. The van der Waals surface area contributed by atoms with Crippen LogP contribution in [-0.4, -0.2) is 29.6 Å². The molecule has 6 nitrogen and oxygen atoms in total. The first-order valence-electron chi connectivity index (χ1n) is 9.21. The van der Waals surface area contributed by atoms with Crippen LogP contribution in [-0.2, 0) is 27.3 Å². The van der Waals surface area contributed by atoms with E-state index in [1.807, 2.05) is 43.5 Å². The van der Waals surface area contributed by atoms with Crippen molar-refractivity contribution in [3.05, 3.63) is 51.0 Å². The summed E-state index contributed by atoms with van der Waals surface area (Å²) in [6, 6.07) is 7.76. The van der Waals surface area contributed by atoms with E-state index in [9.17, 15) is 14.9 Å². The van der Waals surface area contributed by atoms with E-state index in [2.05, 4.69) is 16.8 Å². The Bertz CT molecular complexity index is 889. The first kappa shape index (κ1) is 21.5. The van der Waals surface area contributed by atoms with E-state index < -0.39 is 12.6 Å². The molecule has 2 aromatic heterocycles. The van der Waals surface area contributed by atoms with Crippen molar-refractivity contribution in [2.45, 2.75) is 40.2 Å². The Morgan fingerprint density at radius 1 is 1.39 bits per heavy atom. The van der Waals surface area contributed by atoms with Gasteiger partial charge >= 0.3 is 5.97 Å². The summed E-state index contributed by atoms with van der Waals surface area (Å²) in [6.07, 6.45) is 3.24. The molecular weight excluding hydrogens is 374 g/mol. The maximum absolute atomic E-state index is 12.2. The van der Waals surface area contributed by atoms with Gasteiger partial charge in [-0.2, -0.15) is 5.26 Å². The van der Waals surface area contributed by atoms with Crippen molar-refractivity contribution < 1.29 is 14.3 Å². The normalized spacial score (nSPS) is 11.1. The molecule has 0 unspecified atom stereocenters. The lowest BCUT2D eigenvalue weighted by Gasteiger charge is -2.07. The molecule has 0 aliphatic heterocycles. The van der Waals surface area contributed by atoms with E-state index in [0.29, 0.717) is 6.54 Å². The molecule has 0 saturated heterocycles. The van der Waals surface area contributed by atoms with Gasteiger partial charge in [0, 0.05) is 29.4 Å². The fourth-order valence-corrected chi connectivity index (χ4v) is 3.58. The third kappa shape index (κ3) is 5.83. The summed E-state index contributed by atoms with van der Waals surface area (Å²) in [5.74, 6) is -1.18. The molecule has 148 valence electrons. The van der Waals surface area contributed by atoms with Crippen molar-refractivity contribution in [3.8, 4) is 6.07 Å². The number of carbonyl (C=O) groups is 2. The highest BCUT2D eigenvalue weighted by Gasteiger charge is 2.15. The van der Waals surface area contributed by atoms with Crippen molar-refractivity contribution in [1.29, 1.82) is 5.26 Å². The number of nitrogens with zero attached hydrogens (tertiary/aromatic N) is 2. The summed E-state index contributed by atoms with van der Waals surface area (Å²) < 4.78 is 7.14. The summed E-state index contributed by atoms with van der Waals surface area (Å²) in [6.45, 7) is 6.99. The average molecular weight is 400 g/mol. The number of hydrogen-bond acceptors (Lipinski definition) is 5. The number of aromatic nitrogens is 1. The number of hydrogen-bond donors (Lipinski definition) is 1. The quantitative estimate of drug-likeness (QED) is 0.398. The molecule has 0 aromatic carbocycles. The second kappa shape index (κ2) is 10.5. The third-order valence-corrected chi connectivity index (χ3v) is 5.24. The van der Waals surface area contributed by atoms with Gasteiger partial charge in [0.15, 0.2) is 6.61 Å². The van der Waals surface area contributed by atoms with E-state index in [0.717, 1.165) is 36.3 Å². The number of thiophene rings is 1. The summed E-state index contributed by atoms with van der Waals surface area (Å²) in [5, 5.41) is 14.0. The van der Waals surface area contributed by atoms with E-state index in [4.69, 9.17) is 4.74 Å². The van der Waals surface area contributed by atoms with Crippen LogP contribution in [0.5, 0.6) is 0 Å². The van der Waals surface area contributed by atoms with Crippen LogP contribution < -0.4 is 5.32 Å². The van der Waals surface area contributed by atoms with Crippen molar-refractivity contribution in [2.75, 3.05) is 13.2 Å². The lowest BCUT2D eigenvalue weighted by Crippen LogP contribution is -2.30. The topological polar surface area (TPSA) is 84.1 Å². The molecule has 0 saturated carbocycles. The molecule has 0 spiro atoms. The summed E-state index contributed by atoms with van der Waals surface area (Å²) in [4.78, 5) is 25.2. The molecule has 28 heavy (non-hydrogen) atoms. The molecule has 0 aliphatic rings. The zero-order chi connectivity index (χ0) is 20.5. The minimum atomic E-state index is -0.795. The highest BCUT2D eigenvalue weighted by Crippen LogP contribution is 2.19. The third-order valence-electron chi connectivity index (χ3n) is 4.31. The minimum absolute atomic E-state index is 0.122. The van der Waals surface area contributed by atoms with Gasteiger partial charge in [-0.05, 0) is 55.8 Å². The van der Waals surface area contributed by atoms with Crippen LogP contribution >= 0.6 is 11.3 Å². The molecule has 0 atom stereocenters. The van der Waals surface area contributed by atoms with Gasteiger partial charge in [-0.15, -0.1) is 11.3 Å². The number of carbonyl (C=O) groups excluding carboxylic acids is 2. The average Bonchev–Trinajstić information content (AvgIpc) is 3.28. The predicted molar refractivity (Wildman–Crippen MR) is 110 cm³/mol. The van der Waals surface area contributed by atoms with E-state index in [-0.39, 0.29) is 11.5 Å². The Balaban J connectivity index is 1.90. The van der Waals surface area contributed by atoms with Gasteiger partial charge < -0.3 is 14.6 Å². The zero-order valence-corrected chi connectivity index (χ0v) is 17.3. The minimum Gasteiger partial charge on any atom is -0.451 e. The highest BCUT2D eigenvalue weighted by atomic mass is 32.1. The molecule has 0 aliphatic carbocycles. The molecule has 1 N–H and O–H groups in total. The van der Waals surface area contributed by atoms with Gasteiger partial charge in [-0.25, -0.2) is 4.79 Å². The monoisotopic (exact) mass is 399 g/mol. The van der Waals surface area contributed by atoms with Crippen molar-refractivity contribution >= 4 is 29.3 Å². The molecular formula is C21H25N3O3S. The first-order chi connectivity index (χ1) is 13.5. The Labute approximate surface area is 169 Å². The Hall–Kier alpha value is -2.85. The summed E-state index contributed by atoms with van der Waals surface area (Å²) in [5.41, 5.74) is 2.75. The second-order valence-electron chi connectivity index (χ2n) is 6.40. The van der Waals surface area contributed by atoms with Crippen molar-refractivity contribution in [1.82, 2.24) is 9.88 Å². The fraction of sp³-hybridized carbons (Fsp3) is 0.381. The van der Waals surface area contributed by atoms with Gasteiger partial charge in [-0.3, -0.25) is 4.79 Å². The SMILES string of the molecule is CCCn1c(C)cc(/C=C(\C#N)C(=O)OCC(=O)NCCc2cccs2)c1C. The molecule has 7 heteroatoms. The summed E-state index contributed by atoms with van der Waals surface area (Å²) in [7, 11) is 0. The number of nitriles is 1. The maximum atomic E-state index is 12.2. The molecule has 0 bridgehead atoms. The van der Waals surface area contributed by atoms with Gasteiger partial charge in [0.1, 0.15) is 11.6 Å². The molecule has 0 fully saturated rings. The van der Waals surface area contributed by atoms with Crippen LogP contribution in [0, 0.1) is 25.2 Å². The zero-order valence-electron chi connectivity index (χ0n) is 16.4. The molecule has 2 rings (SSSR count). The Morgan fingerprint density at radius 3 is 2.82 bits per heavy atom. The molecule has 1 amide bonds. The van der Waals surface area contributed by atoms with Crippen LogP contribution in [0.4, 0.5) is 0 Å². The highest BCUT2D eigenvalue weighted by molar-refractivity contribution is 7.09. The Morgan fingerprint density at radius 2 is 2.18 bits per heavy atom. The van der Waals surface area contributed by atoms with Crippen molar-refractivity contribution in [2.24, 2.45) is 0 Å². The van der Waals surface area contributed by atoms with E-state index in [1.54, 1.807) is 11.3 Å². The van der Waals surface area contributed by atoms with Gasteiger partial charge in [0.2, 0.25) is 0 Å². The Kier molecular flexibility index (Phi) is 8.02. The second-order valence-corrected chi connectivity index (χ2v) is 7.44. The standard InChI is InChI=1S/C21H25N3O3S/c1-4-9-24-15(2)11-17(16(24)3)12-18(13-22)21(26)27-14-20(25)23-8-7-19-6-5-10-28-19/h5-6,10-12H,4,7-9,14H2,1-3H3,(H,23,25)/b18-12+. The van der Waals surface area contributed by atoms with Crippen molar-refractivity contribution in [3.63, 3.8) is 0 Å². The van der Waals surface area contributed by atoms with Crippen LogP contribution in [0.25, 0.3) is 6.08 Å². The smallest absolute Gasteiger partial charge is 0.349 e. The lowest BCUT2D eigenvalue weighted by molar-refractivity contribution is -0.144. The van der Waals surface area contributed by atoms with Crippen LogP contribution in [0.15, 0.2) is 29.2 Å². The lowest BCUT2D eigenvalue weighted by atomic mass is 10.1. The van der Waals surface area contributed by atoms with E-state index in [1.165, 1.54) is 11.0 Å². The number of amides is 1. The fourth-order valence-electron chi connectivity index (χ4n) is 2.87. The molecule has 2 aromatic rings. The number of esters is 1. The van der Waals surface area contributed by atoms with Gasteiger partial charge in [-0.1, -0.05) is 13.0 Å². The molecule has 2 heterocycles. The number of aryl methyl sites for hydroxylation is 1. The van der Waals surface area contributed by atoms with E-state index >= 15 is 0 Å². The number of rotatable bonds is 9. The van der Waals surface area contributed by atoms with Crippen LogP contribution in [0.3, 0.4) is 0 Å². The predicted octanol–water partition coefficient (Wildman–Crippen LogP) is 3.39. The maximum Gasteiger partial charge on any atom is 0.349 e. The molecule has 0 radical (unpaired) electrons. The van der Waals surface area contributed by atoms with Crippen LogP contribution in [0.1, 0.15) is 35.2 Å². The number of nitrogens with one attached hydrogen (secondary N) is 1. The largest absolute Gasteiger partial charge is 0.451 e. The van der Waals surface area contributed by atoms with Gasteiger partial charge in [0.25, 0.3) is 5.91 Å². The van der Waals surface area contributed by atoms with Crippen LogP contribution in [0.2, 0.25) is 0 Å². The first-order valence-corrected chi connectivity index (χ1v) is 10.1. The van der Waals surface area contributed by atoms with Gasteiger partial charge in [0.05, 0.1) is 0 Å². The number of ether oxygens (including phenoxy) is 1.